The summed E-state index contributed by atoms with van der Waals surface area (Å²) >= 11 is 3.43. The van der Waals surface area contributed by atoms with Gasteiger partial charge in [0.1, 0.15) is 17.4 Å². The van der Waals surface area contributed by atoms with Crippen LogP contribution < -0.4 is 10.6 Å². The fourth-order valence-electron chi connectivity index (χ4n) is 3.46. The minimum absolute atomic E-state index is 0.0235. The number of benzene rings is 2. The molecular formula is C21H21BrFN3O2. The third-order valence-corrected chi connectivity index (χ3v) is 5.56. The zero-order chi connectivity index (χ0) is 20.0. The molecular weight excluding hydrogens is 425 g/mol. The van der Waals surface area contributed by atoms with Gasteiger partial charge in [0.05, 0.1) is 11.1 Å². The molecule has 1 amide bonds. The van der Waals surface area contributed by atoms with Crippen molar-refractivity contribution in [1.82, 2.24) is 5.32 Å². The van der Waals surface area contributed by atoms with Crippen molar-refractivity contribution in [3.05, 3.63) is 63.9 Å². The first-order valence-corrected chi connectivity index (χ1v) is 9.91. The maximum atomic E-state index is 13.6. The summed E-state index contributed by atoms with van der Waals surface area (Å²) in [5.41, 5.74) is 0.756. The molecule has 0 spiro atoms. The molecule has 7 heteroatoms. The zero-order valence-corrected chi connectivity index (χ0v) is 16.9. The average molecular weight is 446 g/mol. The summed E-state index contributed by atoms with van der Waals surface area (Å²) in [7, 11) is 0. The van der Waals surface area contributed by atoms with Crippen molar-refractivity contribution in [2.45, 2.75) is 18.3 Å². The van der Waals surface area contributed by atoms with Crippen LogP contribution in [-0.2, 0) is 14.9 Å². The third-order valence-electron chi connectivity index (χ3n) is 5.03. The normalized spacial score (nSPS) is 15.5. The van der Waals surface area contributed by atoms with E-state index in [9.17, 15) is 9.18 Å². The van der Waals surface area contributed by atoms with Crippen LogP contribution in [-0.4, -0.2) is 32.2 Å². The fourth-order valence-corrected chi connectivity index (χ4v) is 3.73. The number of hydrogen-bond acceptors (Lipinski definition) is 4. The van der Waals surface area contributed by atoms with Gasteiger partial charge in [0.25, 0.3) is 0 Å². The van der Waals surface area contributed by atoms with E-state index < -0.39 is 11.2 Å². The molecule has 1 saturated heterocycles. The van der Waals surface area contributed by atoms with Gasteiger partial charge in [0.15, 0.2) is 0 Å². The number of anilines is 1. The van der Waals surface area contributed by atoms with Crippen LogP contribution in [0.15, 0.2) is 46.9 Å². The van der Waals surface area contributed by atoms with E-state index in [4.69, 9.17) is 10.00 Å². The Balaban J connectivity index is 1.64. The predicted octanol–water partition coefficient (Wildman–Crippen LogP) is 3.74. The van der Waals surface area contributed by atoms with Crippen molar-refractivity contribution in [3.8, 4) is 6.07 Å². The molecule has 1 fully saturated rings. The maximum absolute atomic E-state index is 13.6. The van der Waals surface area contributed by atoms with Gasteiger partial charge in [-0.3, -0.25) is 4.79 Å². The number of carbonyl (C=O) groups excluding carboxylic acids is 1. The Kier molecular flexibility index (Phi) is 6.65. The zero-order valence-electron chi connectivity index (χ0n) is 15.3. The second kappa shape index (κ2) is 9.18. The maximum Gasteiger partial charge on any atom is 0.230 e. The summed E-state index contributed by atoms with van der Waals surface area (Å²) in [6, 6.07) is 14.1. The van der Waals surface area contributed by atoms with Crippen LogP contribution in [0.3, 0.4) is 0 Å². The number of nitrogens with zero attached hydrogens (tertiary/aromatic N) is 1. The third kappa shape index (κ3) is 4.34. The summed E-state index contributed by atoms with van der Waals surface area (Å²) in [5, 5.41) is 15.1. The molecule has 146 valence electrons. The molecule has 0 saturated carbocycles. The molecule has 0 radical (unpaired) electrons. The summed E-state index contributed by atoms with van der Waals surface area (Å²) in [4.78, 5) is 13.1. The van der Waals surface area contributed by atoms with Gasteiger partial charge in [-0.1, -0.05) is 34.1 Å². The Morgan fingerprint density at radius 1 is 1.18 bits per heavy atom. The number of nitrogens with one attached hydrogen (secondary N) is 2. The first kappa shape index (κ1) is 20.3. The summed E-state index contributed by atoms with van der Waals surface area (Å²) in [6.45, 7) is 1.82. The first-order chi connectivity index (χ1) is 13.6. The Bertz CT molecular complexity index is 874. The monoisotopic (exact) mass is 445 g/mol. The van der Waals surface area contributed by atoms with Gasteiger partial charge in [0.2, 0.25) is 5.91 Å². The van der Waals surface area contributed by atoms with Gasteiger partial charge >= 0.3 is 0 Å². The molecule has 5 nitrogen and oxygen atoms in total. The van der Waals surface area contributed by atoms with Crippen LogP contribution in [0.5, 0.6) is 0 Å². The molecule has 0 atom stereocenters. The highest BCUT2D eigenvalue weighted by molar-refractivity contribution is 9.10. The van der Waals surface area contributed by atoms with Gasteiger partial charge < -0.3 is 15.4 Å². The Morgan fingerprint density at radius 3 is 2.57 bits per heavy atom. The largest absolute Gasteiger partial charge is 0.382 e. The van der Waals surface area contributed by atoms with E-state index in [1.54, 1.807) is 12.1 Å². The van der Waals surface area contributed by atoms with E-state index >= 15 is 0 Å². The second-order valence-electron chi connectivity index (χ2n) is 6.66. The Morgan fingerprint density at radius 2 is 1.89 bits per heavy atom. The van der Waals surface area contributed by atoms with Crippen molar-refractivity contribution in [1.29, 1.82) is 5.26 Å². The molecule has 0 aliphatic carbocycles. The van der Waals surface area contributed by atoms with Crippen LogP contribution >= 0.6 is 15.9 Å². The summed E-state index contributed by atoms with van der Waals surface area (Å²) in [5.74, 6) is -0.604. The topological polar surface area (TPSA) is 74.2 Å². The number of rotatable bonds is 6. The lowest BCUT2D eigenvalue weighted by Gasteiger charge is -2.36. The van der Waals surface area contributed by atoms with Crippen LogP contribution in [0.25, 0.3) is 0 Å². The van der Waals surface area contributed by atoms with Crippen molar-refractivity contribution < 1.29 is 13.9 Å². The highest BCUT2D eigenvalue weighted by atomic mass is 79.9. The smallest absolute Gasteiger partial charge is 0.230 e. The summed E-state index contributed by atoms with van der Waals surface area (Å²) < 4.78 is 20.1. The number of ether oxygens (including phenoxy) is 1. The number of nitriles is 1. The van der Waals surface area contributed by atoms with Crippen LogP contribution in [0, 0.1) is 17.1 Å². The lowest BCUT2D eigenvalue weighted by molar-refractivity contribution is -0.130. The van der Waals surface area contributed by atoms with E-state index in [0.717, 1.165) is 10.0 Å². The van der Waals surface area contributed by atoms with Crippen LogP contribution in [0.1, 0.15) is 24.0 Å². The summed E-state index contributed by atoms with van der Waals surface area (Å²) in [6.07, 6.45) is 1.24. The van der Waals surface area contributed by atoms with E-state index in [0.29, 0.717) is 44.8 Å². The Hall–Kier alpha value is -2.43. The van der Waals surface area contributed by atoms with Gasteiger partial charge in [-0.15, -0.1) is 0 Å². The van der Waals surface area contributed by atoms with E-state index in [-0.39, 0.29) is 11.5 Å². The molecule has 2 aromatic rings. The van der Waals surface area contributed by atoms with Crippen molar-refractivity contribution in [3.63, 3.8) is 0 Å². The van der Waals surface area contributed by atoms with E-state index in [1.165, 1.54) is 6.07 Å². The van der Waals surface area contributed by atoms with Gasteiger partial charge in [-0.2, -0.15) is 5.26 Å². The predicted molar refractivity (Wildman–Crippen MR) is 108 cm³/mol. The number of hydrogen-bond donors (Lipinski definition) is 2. The lowest BCUT2D eigenvalue weighted by Crippen LogP contribution is -2.49. The SMILES string of the molecule is N#Cc1c(F)cccc1NCCNC(=O)C1(c2ccc(Br)cc2)CCOCC1. The molecule has 0 bridgehead atoms. The minimum Gasteiger partial charge on any atom is -0.382 e. The molecule has 0 aromatic heterocycles. The van der Waals surface area contributed by atoms with Crippen LogP contribution in [0.4, 0.5) is 10.1 Å². The molecule has 1 heterocycles. The minimum atomic E-state index is -0.615. The standard InChI is InChI=1S/C21H21BrFN3O2/c22-16-6-4-15(5-7-16)21(8-12-28-13-9-21)20(27)26-11-10-25-19-3-1-2-18(23)17(19)14-24/h1-7,25H,8-13H2,(H,26,27). The van der Waals surface area contributed by atoms with Gasteiger partial charge in [-0.05, 0) is 42.7 Å². The second-order valence-corrected chi connectivity index (χ2v) is 7.57. The molecule has 2 aromatic carbocycles. The lowest BCUT2D eigenvalue weighted by atomic mass is 9.73. The van der Waals surface area contributed by atoms with Gasteiger partial charge in [-0.25, -0.2) is 4.39 Å². The number of amides is 1. The molecule has 1 aliphatic rings. The first-order valence-electron chi connectivity index (χ1n) is 9.11. The van der Waals surface area contributed by atoms with Crippen molar-refractivity contribution >= 4 is 27.5 Å². The fraction of sp³-hybridized carbons (Fsp3) is 0.333. The quantitative estimate of drug-likeness (QED) is 0.664. The van der Waals surface area contributed by atoms with Crippen molar-refractivity contribution in [2.75, 3.05) is 31.6 Å². The van der Waals surface area contributed by atoms with E-state index in [2.05, 4.69) is 26.6 Å². The highest BCUT2D eigenvalue weighted by Gasteiger charge is 2.41. The molecule has 0 unspecified atom stereocenters. The van der Waals surface area contributed by atoms with Crippen LogP contribution in [0.2, 0.25) is 0 Å². The number of carbonyl (C=O) groups is 1. The molecule has 1 aliphatic heterocycles. The van der Waals surface area contributed by atoms with Gasteiger partial charge in [0, 0.05) is 30.8 Å². The van der Waals surface area contributed by atoms with Crippen molar-refractivity contribution in [2.24, 2.45) is 0 Å². The highest BCUT2D eigenvalue weighted by Crippen LogP contribution is 2.35. The molecule has 3 rings (SSSR count). The number of halogens is 2. The van der Waals surface area contributed by atoms with E-state index in [1.807, 2.05) is 30.3 Å². The average Bonchev–Trinajstić information content (AvgIpc) is 2.72. The molecule has 2 N–H and O–H groups in total. The molecule has 28 heavy (non-hydrogen) atoms. The Labute approximate surface area is 172 Å².